The molecular formula is C2HF2+. The second-order valence-electron chi connectivity index (χ2n) is 0.218. The van der Waals surface area contributed by atoms with E-state index in [9.17, 15) is 8.78 Å². The Labute approximate surface area is 22.7 Å². The van der Waals surface area contributed by atoms with Crippen LogP contribution in [0, 0.1) is 6.33 Å². The van der Waals surface area contributed by atoms with Crippen molar-refractivity contribution in [2.45, 2.75) is 0 Å². The zero-order valence-corrected chi connectivity index (χ0v) is 1.83. The molecule has 0 heterocycles. The van der Waals surface area contributed by atoms with Crippen LogP contribution in [-0.4, -0.2) is 0 Å². The standard InChI is InChI=1S/C2HF2/c3-1-2-4/h1H/q+1. The molecule has 0 saturated heterocycles. The van der Waals surface area contributed by atoms with Gasteiger partial charge in [0.1, 0.15) is 0 Å². The first-order valence-corrected chi connectivity index (χ1v) is 0.696. The fraction of sp³-hybridized carbons (Fsp3) is 0. The van der Waals surface area contributed by atoms with Crippen molar-refractivity contribution in [3.8, 4) is 0 Å². The monoisotopic (exact) mass is 63.0 g/mol. The van der Waals surface area contributed by atoms with Crippen molar-refractivity contribution < 1.29 is 8.78 Å². The Morgan fingerprint density at radius 3 is 2.00 bits per heavy atom. The predicted octanol–water partition coefficient (Wildman–Crippen LogP) is 1.20. The highest BCUT2D eigenvalue weighted by molar-refractivity contribution is 4.40. The molecule has 22 valence electrons. The highest BCUT2D eigenvalue weighted by atomic mass is 19.2. The Morgan fingerprint density at radius 1 is 1.75 bits per heavy atom. The van der Waals surface area contributed by atoms with E-state index in [1.807, 2.05) is 0 Å². The molecule has 2 heteroatoms. The van der Waals surface area contributed by atoms with E-state index in [0.29, 0.717) is 6.33 Å². The number of hydrogen-bond acceptors (Lipinski definition) is 0. The summed E-state index contributed by atoms with van der Waals surface area (Å²) in [5.74, 6) is 0. The van der Waals surface area contributed by atoms with Gasteiger partial charge in [-0.05, 0) is 0 Å². The molecular weight excluding hydrogens is 62.0 g/mol. The summed E-state index contributed by atoms with van der Waals surface area (Å²) in [7, 11) is 0. The summed E-state index contributed by atoms with van der Waals surface area (Å²) in [6, 6.07) is 0. The Kier molecular flexibility index (Phi) is 2.20. The van der Waals surface area contributed by atoms with Crippen LogP contribution in [0.25, 0.3) is 0 Å². The lowest BCUT2D eigenvalue weighted by atomic mass is 11.2. The first-order valence-electron chi connectivity index (χ1n) is 0.696. The fourth-order valence-electron chi connectivity index (χ4n) is 0. The minimum Gasteiger partial charge on any atom is -0.149 e. The van der Waals surface area contributed by atoms with E-state index >= 15 is 0 Å². The lowest BCUT2D eigenvalue weighted by Gasteiger charge is -1.17. The van der Waals surface area contributed by atoms with Crippen LogP contribution in [-0.2, 0) is 0 Å². The van der Waals surface area contributed by atoms with Gasteiger partial charge in [0, 0.05) is 0 Å². The van der Waals surface area contributed by atoms with Crippen molar-refractivity contribution in [1.82, 2.24) is 0 Å². The van der Waals surface area contributed by atoms with Crippen molar-refractivity contribution in [2.75, 3.05) is 0 Å². The van der Waals surface area contributed by atoms with E-state index in [1.165, 1.54) is 0 Å². The molecule has 0 rings (SSSR count). The zero-order chi connectivity index (χ0) is 3.41. The molecule has 0 aliphatic rings. The van der Waals surface area contributed by atoms with Crippen LogP contribution in [0.5, 0.6) is 0 Å². The van der Waals surface area contributed by atoms with Gasteiger partial charge < -0.3 is 0 Å². The molecule has 0 spiro atoms. The third kappa shape index (κ3) is 1.51. The molecule has 0 N–H and O–H groups in total. The van der Waals surface area contributed by atoms with Gasteiger partial charge in [-0.15, -0.1) is 4.39 Å². The average molecular weight is 63.0 g/mol. The summed E-state index contributed by atoms with van der Waals surface area (Å²) >= 11 is 0. The van der Waals surface area contributed by atoms with Gasteiger partial charge >= 0.3 is 12.7 Å². The number of rotatable bonds is 0. The molecule has 0 atom stereocenters. The van der Waals surface area contributed by atoms with Gasteiger partial charge in [0.2, 0.25) is 0 Å². The van der Waals surface area contributed by atoms with E-state index in [-0.39, 0.29) is 6.33 Å². The Morgan fingerprint density at radius 2 is 2.00 bits per heavy atom. The van der Waals surface area contributed by atoms with Gasteiger partial charge in [0.05, 0.1) is 4.39 Å². The summed E-state index contributed by atoms with van der Waals surface area (Å²) in [6.45, 7) is 0. The van der Waals surface area contributed by atoms with Crippen molar-refractivity contribution in [3.63, 3.8) is 0 Å². The second-order valence-corrected chi connectivity index (χ2v) is 0.218. The van der Waals surface area contributed by atoms with Crippen molar-refractivity contribution >= 4 is 0 Å². The zero-order valence-electron chi connectivity index (χ0n) is 1.83. The molecule has 4 heavy (non-hydrogen) atoms. The fourth-order valence-corrected chi connectivity index (χ4v) is 0. The van der Waals surface area contributed by atoms with Crippen LogP contribution < -0.4 is 0 Å². The summed E-state index contributed by atoms with van der Waals surface area (Å²) in [5, 5.41) is 0. The van der Waals surface area contributed by atoms with E-state index in [0.717, 1.165) is 0 Å². The van der Waals surface area contributed by atoms with Crippen LogP contribution in [0.15, 0.2) is 6.33 Å². The second kappa shape index (κ2) is 2.51. The van der Waals surface area contributed by atoms with Crippen molar-refractivity contribution in [2.24, 2.45) is 0 Å². The highest BCUT2D eigenvalue weighted by Crippen LogP contribution is 1.65. The quantitative estimate of drug-likeness (QED) is 0.370. The SMILES string of the molecule is F[C+]=CF. The van der Waals surface area contributed by atoms with E-state index < -0.39 is 0 Å². The van der Waals surface area contributed by atoms with E-state index in [1.54, 1.807) is 0 Å². The molecule has 0 bridgehead atoms. The van der Waals surface area contributed by atoms with Crippen LogP contribution in [0.2, 0.25) is 0 Å². The summed E-state index contributed by atoms with van der Waals surface area (Å²) in [4.78, 5) is 0. The molecule has 0 radical (unpaired) electrons. The Balaban J connectivity index is 2.55. The van der Waals surface area contributed by atoms with Gasteiger partial charge in [0.25, 0.3) is 0 Å². The predicted molar refractivity (Wildman–Crippen MR) is 10.0 cm³/mol. The molecule has 0 unspecified atom stereocenters. The first kappa shape index (κ1) is 3.51. The van der Waals surface area contributed by atoms with Crippen molar-refractivity contribution in [3.05, 3.63) is 12.7 Å². The maximum Gasteiger partial charge on any atom is 0.519 e. The summed E-state index contributed by atoms with van der Waals surface area (Å²) in [5.41, 5.74) is 0. The Hall–Kier alpha value is -0.490. The molecule has 0 saturated carbocycles. The lowest BCUT2D eigenvalue weighted by molar-refractivity contribution is 0.618. The van der Waals surface area contributed by atoms with Gasteiger partial charge in [-0.25, -0.2) is 0 Å². The molecule has 0 fully saturated rings. The molecule has 0 amide bonds. The minimum absolute atomic E-state index is 0.292. The van der Waals surface area contributed by atoms with Crippen LogP contribution >= 0.6 is 0 Å². The van der Waals surface area contributed by atoms with Crippen LogP contribution in [0.4, 0.5) is 8.78 Å². The Bertz CT molecular complexity index is 19.2. The third-order valence-corrected chi connectivity index (χ3v) is 0.0412. The molecule has 0 aromatic heterocycles. The van der Waals surface area contributed by atoms with E-state index in [2.05, 4.69) is 0 Å². The van der Waals surface area contributed by atoms with E-state index in [4.69, 9.17) is 0 Å². The third-order valence-electron chi connectivity index (χ3n) is 0.0412. The maximum atomic E-state index is 10.1. The van der Waals surface area contributed by atoms with Crippen LogP contribution in [0.3, 0.4) is 0 Å². The topological polar surface area (TPSA) is 0 Å². The minimum atomic E-state index is -0.292. The summed E-state index contributed by atoms with van der Waals surface area (Å²) in [6.07, 6.45) is 0.347. The summed E-state index contributed by atoms with van der Waals surface area (Å²) < 4.78 is 20.2. The number of halogens is 2. The molecule has 0 nitrogen and oxygen atoms in total. The number of hydrogen-bond donors (Lipinski definition) is 0. The lowest BCUT2D eigenvalue weighted by Crippen LogP contribution is -1.20. The molecule has 0 aromatic rings. The average Bonchev–Trinajstić information content (AvgIpc) is 1.37. The molecule has 0 aromatic carbocycles. The van der Waals surface area contributed by atoms with Gasteiger partial charge in [0.15, 0.2) is 0 Å². The van der Waals surface area contributed by atoms with Gasteiger partial charge in [-0.1, -0.05) is 0 Å². The first-order chi connectivity index (χ1) is 1.91. The largest absolute Gasteiger partial charge is 0.519 e. The van der Waals surface area contributed by atoms with Crippen LogP contribution in [0.1, 0.15) is 0 Å². The normalized spacial score (nSPS) is 7.50. The molecule has 0 aliphatic carbocycles. The van der Waals surface area contributed by atoms with Gasteiger partial charge in [-0.2, -0.15) is 0 Å². The van der Waals surface area contributed by atoms with Gasteiger partial charge in [-0.3, -0.25) is 0 Å². The van der Waals surface area contributed by atoms with Crippen molar-refractivity contribution in [1.29, 1.82) is 0 Å². The molecule has 0 aliphatic heterocycles. The smallest absolute Gasteiger partial charge is 0.149 e. The highest BCUT2D eigenvalue weighted by Gasteiger charge is 1.73. The maximum absolute atomic E-state index is 10.1.